The van der Waals surface area contributed by atoms with Crippen molar-refractivity contribution in [2.24, 2.45) is 0 Å². The van der Waals surface area contributed by atoms with Gasteiger partial charge in [0.15, 0.2) is 0 Å². The summed E-state index contributed by atoms with van der Waals surface area (Å²) >= 11 is 0. The summed E-state index contributed by atoms with van der Waals surface area (Å²) < 4.78 is 5.75. The third kappa shape index (κ3) is 3.61. The SMILES string of the molecule is CCC[CH]C1(CCCCCC)CCO1. The molecule has 1 rings (SSSR count). The van der Waals surface area contributed by atoms with Crippen molar-refractivity contribution in [3.8, 4) is 0 Å². The van der Waals surface area contributed by atoms with E-state index in [1.807, 2.05) is 0 Å². The average Bonchev–Trinajstić information content (AvgIpc) is 2.15. The van der Waals surface area contributed by atoms with Gasteiger partial charge in [-0.2, -0.15) is 0 Å². The Hall–Kier alpha value is -0.0400. The summed E-state index contributed by atoms with van der Waals surface area (Å²) in [5.41, 5.74) is 0.198. The Morgan fingerprint density at radius 2 is 1.93 bits per heavy atom. The highest BCUT2D eigenvalue weighted by molar-refractivity contribution is 4.99. The summed E-state index contributed by atoms with van der Waals surface area (Å²) in [6.45, 7) is 5.48. The second kappa shape index (κ2) is 6.44. The molecule has 1 atom stereocenters. The molecule has 0 spiro atoms. The van der Waals surface area contributed by atoms with Crippen molar-refractivity contribution in [3.63, 3.8) is 0 Å². The molecule has 1 radical (unpaired) electrons. The molecular weight excluding hydrogens is 172 g/mol. The highest BCUT2D eigenvalue weighted by Gasteiger charge is 2.36. The van der Waals surface area contributed by atoms with Crippen LogP contribution < -0.4 is 0 Å². The Bertz CT molecular complexity index is 138. The zero-order valence-corrected chi connectivity index (χ0v) is 9.85. The number of hydrogen-bond acceptors (Lipinski definition) is 1. The molecule has 0 saturated carbocycles. The predicted molar refractivity (Wildman–Crippen MR) is 61.3 cm³/mol. The summed E-state index contributed by atoms with van der Waals surface area (Å²) in [4.78, 5) is 0. The lowest BCUT2D eigenvalue weighted by Crippen LogP contribution is -2.44. The van der Waals surface area contributed by atoms with E-state index in [4.69, 9.17) is 4.74 Å². The van der Waals surface area contributed by atoms with Gasteiger partial charge in [-0.25, -0.2) is 0 Å². The van der Waals surface area contributed by atoms with E-state index in [2.05, 4.69) is 20.3 Å². The molecule has 0 aromatic heterocycles. The van der Waals surface area contributed by atoms with E-state index < -0.39 is 0 Å². The summed E-state index contributed by atoms with van der Waals surface area (Å²) in [5.74, 6) is 0. The van der Waals surface area contributed by atoms with Crippen LogP contribution in [0.25, 0.3) is 0 Å². The van der Waals surface area contributed by atoms with Gasteiger partial charge in [0.1, 0.15) is 0 Å². The summed E-state index contributed by atoms with van der Waals surface area (Å²) in [7, 11) is 0. The van der Waals surface area contributed by atoms with E-state index >= 15 is 0 Å². The van der Waals surface area contributed by atoms with Gasteiger partial charge in [0, 0.05) is 6.42 Å². The van der Waals surface area contributed by atoms with Gasteiger partial charge in [-0.1, -0.05) is 46.0 Å². The zero-order chi connectivity index (χ0) is 10.3. The highest BCUT2D eigenvalue weighted by atomic mass is 16.5. The first-order chi connectivity index (χ1) is 6.83. The zero-order valence-electron chi connectivity index (χ0n) is 9.85. The maximum Gasteiger partial charge on any atom is 0.0736 e. The van der Waals surface area contributed by atoms with Crippen LogP contribution in [0, 0.1) is 6.42 Å². The second-order valence-corrected chi connectivity index (χ2v) is 4.47. The van der Waals surface area contributed by atoms with Gasteiger partial charge < -0.3 is 4.74 Å². The van der Waals surface area contributed by atoms with Gasteiger partial charge in [-0.15, -0.1) is 0 Å². The first-order valence-electron chi connectivity index (χ1n) is 6.31. The lowest BCUT2D eigenvalue weighted by Gasteiger charge is -2.42. The van der Waals surface area contributed by atoms with E-state index in [0.29, 0.717) is 0 Å². The third-order valence-corrected chi connectivity index (χ3v) is 3.17. The molecule has 0 aromatic carbocycles. The van der Waals surface area contributed by atoms with Crippen LogP contribution >= 0.6 is 0 Å². The Labute approximate surface area is 89.2 Å². The normalized spacial score (nSPS) is 26.1. The maximum absolute atomic E-state index is 5.75. The summed E-state index contributed by atoms with van der Waals surface area (Å²) in [6.07, 6.45) is 12.8. The first kappa shape index (κ1) is 12.0. The smallest absolute Gasteiger partial charge is 0.0736 e. The molecule has 0 amide bonds. The van der Waals surface area contributed by atoms with Crippen molar-refractivity contribution < 1.29 is 4.74 Å². The Morgan fingerprint density at radius 1 is 1.14 bits per heavy atom. The summed E-state index contributed by atoms with van der Waals surface area (Å²) in [6, 6.07) is 0. The van der Waals surface area contributed by atoms with E-state index in [1.54, 1.807) is 0 Å². The van der Waals surface area contributed by atoms with Gasteiger partial charge >= 0.3 is 0 Å². The molecule has 1 fully saturated rings. The van der Waals surface area contributed by atoms with Crippen molar-refractivity contribution >= 4 is 0 Å². The minimum Gasteiger partial charge on any atom is -0.374 e. The van der Waals surface area contributed by atoms with Gasteiger partial charge in [-0.3, -0.25) is 0 Å². The third-order valence-electron chi connectivity index (χ3n) is 3.17. The first-order valence-corrected chi connectivity index (χ1v) is 6.31. The fourth-order valence-electron chi connectivity index (χ4n) is 2.08. The van der Waals surface area contributed by atoms with Crippen LogP contribution in [0.5, 0.6) is 0 Å². The summed E-state index contributed by atoms with van der Waals surface area (Å²) in [5, 5.41) is 0. The molecule has 1 aliphatic heterocycles. The number of ether oxygens (including phenoxy) is 1. The number of unbranched alkanes of at least 4 members (excludes halogenated alkanes) is 4. The van der Waals surface area contributed by atoms with E-state index in [0.717, 1.165) is 6.61 Å². The molecule has 1 heteroatoms. The molecule has 1 heterocycles. The van der Waals surface area contributed by atoms with Crippen molar-refractivity contribution in [2.45, 2.75) is 70.8 Å². The molecule has 14 heavy (non-hydrogen) atoms. The predicted octanol–water partition coefficient (Wildman–Crippen LogP) is 4.12. The van der Waals surface area contributed by atoms with Crippen LogP contribution in [0.3, 0.4) is 0 Å². The molecule has 1 aliphatic rings. The topological polar surface area (TPSA) is 9.23 Å². The fraction of sp³-hybridized carbons (Fsp3) is 0.923. The molecular formula is C13H25O. The van der Waals surface area contributed by atoms with Crippen molar-refractivity contribution in [1.82, 2.24) is 0 Å². The van der Waals surface area contributed by atoms with E-state index in [-0.39, 0.29) is 5.60 Å². The van der Waals surface area contributed by atoms with Crippen LogP contribution in [-0.4, -0.2) is 12.2 Å². The van der Waals surface area contributed by atoms with Crippen LogP contribution in [-0.2, 0) is 4.74 Å². The van der Waals surface area contributed by atoms with Crippen LogP contribution in [0.1, 0.15) is 65.2 Å². The lowest BCUT2D eigenvalue weighted by atomic mass is 9.84. The average molecular weight is 197 g/mol. The Balaban J connectivity index is 2.10. The van der Waals surface area contributed by atoms with Crippen LogP contribution in [0.15, 0.2) is 0 Å². The largest absolute Gasteiger partial charge is 0.374 e. The molecule has 0 bridgehead atoms. The van der Waals surface area contributed by atoms with E-state index in [9.17, 15) is 0 Å². The molecule has 1 nitrogen and oxygen atoms in total. The Kier molecular flexibility index (Phi) is 5.54. The van der Waals surface area contributed by atoms with Gasteiger partial charge in [0.2, 0.25) is 0 Å². The molecule has 1 unspecified atom stereocenters. The van der Waals surface area contributed by atoms with Gasteiger partial charge in [0.25, 0.3) is 0 Å². The van der Waals surface area contributed by atoms with E-state index in [1.165, 1.54) is 51.4 Å². The van der Waals surface area contributed by atoms with Crippen molar-refractivity contribution in [3.05, 3.63) is 6.42 Å². The monoisotopic (exact) mass is 197 g/mol. The second-order valence-electron chi connectivity index (χ2n) is 4.47. The molecule has 83 valence electrons. The van der Waals surface area contributed by atoms with Crippen LogP contribution in [0.2, 0.25) is 0 Å². The van der Waals surface area contributed by atoms with Crippen molar-refractivity contribution in [2.75, 3.05) is 6.61 Å². The fourth-order valence-corrected chi connectivity index (χ4v) is 2.08. The van der Waals surface area contributed by atoms with Gasteiger partial charge in [0.05, 0.1) is 12.2 Å². The molecule has 0 aromatic rings. The Morgan fingerprint density at radius 3 is 2.43 bits per heavy atom. The van der Waals surface area contributed by atoms with Crippen molar-refractivity contribution in [1.29, 1.82) is 0 Å². The molecule has 1 saturated heterocycles. The molecule has 0 aliphatic carbocycles. The lowest BCUT2D eigenvalue weighted by molar-refractivity contribution is -0.130. The minimum absolute atomic E-state index is 0.198. The quantitative estimate of drug-likeness (QED) is 0.532. The highest BCUT2D eigenvalue weighted by Crippen LogP contribution is 2.36. The van der Waals surface area contributed by atoms with Crippen LogP contribution in [0.4, 0.5) is 0 Å². The maximum atomic E-state index is 5.75. The minimum atomic E-state index is 0.198. The van der Waals surface area contributed by atoms with Gasteiger partial charge in [-0.05, 0) is 19.3 Å². The molecule has 0 N–H and O–H groups in total. The standard InChI is InChI=1S/C13H25O/c1-3-5-7-8-10-13(9-6-4-2)11-12-14-13/h9H,3-8,10-12H2,1-2H3. The number of hydrogen-bond donors (Lipinski definition) is 0. The number of rotatable bonds is 8.